The fraction of sp³-hybridized carbons (Fsp3) is 0. The van der Waals surface area contributed by atoms with Crippen LogP contribution in [-0.4, -0.2) is 27.4 Å². The van der Waals surface area contributed by atoms with Gasteiger partial charge in [0.2, 0.25) is 0 Å². The molecule has 0 radical (unpaired) electrons. The number of fused-ring (bicyclic) bond motifs is 38. The van der Waals surface area contributed by atoms with Crippen molar-refractivity contribution in [3.05, 3.63) is 473 Å². The zero-order valence-corrected chi connectivity index (χ0v) is 75.9. The summed E-state index contributed by atoms with van der Waals surface area (Å²) < 4.78 is 33.8. The van der Waals surface area contributed by atoms with Gasteiger partial charge >= 0.3 is 0 Å². The molecule has 0 aliphatic rings. The van der Waals surface area contributed by atoms with Crippen LogP contribution >= 0.6 is 0 Å². The van der Waals surface area contributed by atoms with Gasteiger partial charge < -0.3 is 40.7 Å². The summed E-state index contributed by atoms with van der Waals surface area (Å²) in [7, 11) is 0. The maximum Gasteiger partial charge on any atom is 0.143 e. The van der Waals surface area contributed by atoms with Crippen LogP contribution < -0.4 is 0 Å². The largest absolute Gasteiger partial charge is 0.456 e. The Labute approximate surface area is 803 Å². The SMILES string of the molecule is c1ccc(-n2c3cc4c(cc3c3c5ccccc5ccc32)c2ccccc2n4-c2ccc3oc4c5ccccc5ccc4c3c2)cc1.c1ccc(-n2c3cc4c(cc3c3c5ccccc5ccc32)c2ccccc2n4-c2ccc3oc4cc5ccccc5cc4c3c2)cc1.c1ccc(-n2c3cc4c(cc3c3c5ccccc5ccc32)c2ccccc2n4-c2ccc3oc4ccc5ccccc5c4c3c2)cc1. The van der Waals surface area contributed by atoms with Crippen molar-refractivity contribution in [1.82, 2.24) is 27.4 Å². The van der Waals surface area contributed by atoms with Gasteiger partial charge in [0.05, 0.1) is 66.2 Å². The minimum Gasteiger partial charge on any atom is -0.456 e. The van der Waals surface area contributed by atoms with Gasteiger partial charge in [0.1, 0.15) is 33.5 Å². The van der Waals surface area contributed by atoms with Gasteiger partial charge in [-0.2, -0.15) is 0 Å². The van der Waals surface area contributed by atoms with E-state index in [1.54, 1.807) is 0 Å². The molecule has 33 rings (SSSR count). The van der Waals surface area contributed by atoms with E-state index >= 15 is 0 Å². The van der Waals surface area contributed by atoms with Crippen LogP contribution in [0, 0.1) is 0 Å². The molecular weight excluding hydrogens is 1720 g/mol. The average Bonchev–Trinajstić information content (AvgIpc) is 1.55. The second-order valence-corrected chi connectivity index (χ2v) is 37.6. The highest BCUT2D eigenvalue weighted by Crippen LogP contribution is 2.50. The molecule has 654 valence electrons. The molecular formula is C132H78N6O3. The van der Waals surface area contributed by atoms with Gasteiger partial charge in [-0.15, -0.1) is 0 Å². The molecule has 0 saturated carbocycles. The van der Waals surface area contributed by atoms with E-state index in [1.165, 1.54) is 195 Å². The maximum absolute atomic E-state index is 6.49. The summed E-state index contributed by atoms with van der Waals surface area (Å²) in [6, 6.07) is 171. The Morgan fingerprint density at radius 3 is 0.823 bits per heavy atom. The fourth-order valence-electron chi connectivity index (χ4n) is 24.0. The first kappa shape index (κ1) is 77.3. The van der Waals surface area contributed by atoms with Crippen molar-refractivity contribution in [2.75, 3.05) is 0 Å². The molecule has 0 unspecified atom stereocenters. The third-order valence-electron chi connectivity index (χ3n) is 30.2. The molecule has 9 heterocycles. The molecule has 9 nitrogen and oxygen atoms in total. The van der Waals surface area contributed by atoms with E-state index in [1.807, 2.05) is 0 Å². The molecule has 0 aliphatic heterocycles. The van der Waals surface area contributed by atoms with Gasteiger partial charge in [-0.25, -0.2) is 0 Å². The third kappa shape index (κ3) is 11.4. The summed E-state index contributed by atoms with van der Waals surface area (Å²) in [5, 5.41) is 36.7. The van der Waals surface area contributed by atoms with Crippen molar-refractivity contribution >= 4 is 261 Å². The molecule has 9 aromatic heterocycles. The summed E-state index contributed by atoms with van der Waals surface area (Å²) in [6.07, 6.45) is 0. The van der Waals surface area contributed by atoms with Crippen molar-refractivity contribution in [3.63, 3.8) is 0 Å². The second-order valence-electron chi connectivity index (χ2n) is 37.6. The van der Waals surface area contributed by atoms with Crippen LogP contribution in [0.3, 0.4) is 0 Å². The lowest BCUT2D eigenvalue weighted by molar-refractivity contribution is 0.669. The van der Waals surface area contributed by atoms with Crippen LogP contribution in [0.1, 0.15) is 0 Å². The minimum absolute atomic E-state index is 0.901. The predicted octanol–water partition coefficient (Wildman–Crippen LogP) is 36.3. The predicted molar refractivity (Wildman–Crippen MR) is 592 cm³/mol. The number of furan rings is 3. The summed E-state index contributed by atoms with van der Waals surface area (Å²) in [4.78, 5) is 0. The molecule has 0 fully saturated rings. The lowest BCUT2D eigenvalue weighted by Gasteiger charge is -2.10. The van der Waals surface area contributed by atoms with Gasteiger partial charge in [-0.05, 0) is 247 Å². The average molecular weight is 1800 g/mol. The number of benzene rings is 24. The van der Waals surface area contributed by atoms with Gasteiger partial charge in [-0.3, -0.25) is 0 Å². The summed E-state index contributed by atoms with van der Waals surface area (Å²) in [5.41, 5.74) is 26.6. The number of para-hydroxylation sites is 6. The number of rotatable bonds is 6. The Balaban J connectivity index is 0.0000000972. The van der Waals surface area contributed by atoms with Crippen molar-refractivity contribution in [1.29, 1.82) is 0 Å². The fourth-order valence-corrected chi connectivity index (χ4v) is 24.0. The normalized spacial score (nSPS) is 12.3. The zero-order valence-electron chi connectivity index (χ0n) is 75.9. The van der Waals surface area contributed by atoms with E-state index < -0.39 is 0 Å². The monoisotopic (exact) mass is 1790 g/mol. The van der Waals surface area contributed by atoms with Crippen molar-refractivity contribution in [2.45, 2.75) is 0 Å². The molecule has 9 heteroatoms. The topological polar surface area (TPSA) is 69.0 Å². The number of hydrogen-bond acceptors (Lipinski definition) is 3. The van der Waals surface area contributed by atoms with Crippen LogP contribution in [0.15, 0.2) is 486 Å². The third-order valence-corrected chi connectivity index (χ3v) is 30.2. The summed E-state index contributed by atoms with van der Waals surface area (Å²) in [6.45, 7) is 0. The number of aromatic nitrogens is 6. The van der Waals surface area contributed by atoms with Crippen LogP contribution in [0.4, 0.5) is 0 Å². The van der Waals surface area contributed by atoms with E-state index in [4.69, 9.17) is 13.3 Å². The smallest absolute Gasteiger partial charge is 0.143 e. The van der Waals surface area contributed by atoms with Crippen molar-refractivity contribution in [3.8, 4) is 34.1 Å². The van der Waals surface area contributed by atoms with E-state index in [0.717, 1.165) is 99.9 Å². The quantitative estimate of drug-likeness (QED) is 0.167. The highest BCUT2D eigenvalue weighted by Gasteiger charge is 2.27. The Bertz CT molecular complexity index is 10900. The molecule has 0 spiro atoms. The molecule has 33 aromatic rings. The van der Waals surface area contributed by atoms with Gasteiger partial charge in [0.25, 0.3) is 0 Å². The van der Waals surface area contributed by atoms with Gasteiger partial charge in [0.15, 0.2) is 0 Å². The lowest BCUT2D eigenvalue weighted by atomic mass is 10.0. The van der Waals surface area contributed by atoms with E-state index in [0.29, 0.717) is 0 Å². The molecule has 141 heavy (non-hydrogen) atoms. The highest BCUT2D eigenvalue weighted by atomic mass is 16.3. The Hall–Kier alpha value is -19.0. The van der Waals surface area contributed by atoms with Crippen LogP contribution in [0.25, 0.3) is 295 Å². The Morgan fingerprint density at radius 1 is 0.113 bits per heavy atom. The summed E-state index contributed by atoms with van der Waals surface area (Å²) in [5.74, 6) is 0. The Morgan fingerprint density at radius 2 is 0.397 bits per heavy atom. The van der Waals surface area contributed by atoms with Crippen LogP contribution in [0.5, 0.6) is 0 Å². The highest BCUT2D eigenvalue weighted by molar-refractivity contribution is 6.30. The standard InChI is InChI=1S/3C44H26N2O/c1-2-12-29(13-3-1)45-39-22-19-27-10-4-6-14-31(27)43(39)37-25-35-33-16-8-9-17-38(33)46(40(35)26-41(37)45)30-20-23-42-36(24-30)34-21-18-28-11-5-7-15-32(28)44(34)47-42;1-2-12-29(13-3-1)45-38-21-18-27-10-4-6-14-31(27)43(38)35-25-34-33-16-8-9-17-37(33)46(39(34)26-40(35)45)30-20-23-41-36(24-30)44-32-15-7-5-11-28(32)19-22-42(44)47-41;1-2-13-30(14-3-1)45-39-20-18-27-10-6-7-15-32(27)44(39)37-25-34-33-16-8-9-17-38(33)46(40(34)26-41(37)45)31-19-21-42-36(24-31)35-22-28-11-4-5-12-29(28)23-43(35)47-42/h3*1-26H. The molecule has 24 aromatic carbocycles. The maximum atomic E-state index is 6.49. The first-order valence-corrected chi connectivity index (χ1v) is 48.3. The van der Waals surface area contributed by atoms with Crippen molar-refractivity contribution < 1.29 is 13.3 Å². The first-order chi connectivity index (χ1) is 69.9. The number of nitrogens with zero attached hydrogens (tertiary/aromatic N) is 6. The molecule has 0 N–H and O–H groups in total. The molecule has 0 bridgehead atoms. The van der Waals surface area contributed by atoms with Gasteiger partial charge in [0, 0.05) is 136 Å². The second kappa shape index (κ2) is 29.8. The van der Waals surface area contributed by atoms with E-state index in [-0.39, 0.29) is 0 Å². The first-order valence-electron chi connectivity index (χ1n) is 48.3. The summed E-state index contributed by atoms with van der Waals surface area (Å²) >= 11 is 0. The van der Waals surface area contributed by atoms with E-state index in [2.05, 4.69) is 501 Å². The zero-order chi connectivity index (χ0) is 91.9. The van der Waals surface area contributed by atoms with Crippen LogP contribution in [-0.2, 0) is 0 Å². The lowest BCUT2D eigenvalue weighted by Crippen LogP contribution is -1.95. The molecule has 0 amide bonds. The molecule has 0 atom stereocenters. The molecule has 0 aliphatic carbocycles. The Kier molecular flexibility index (Phi) is 16.3. The van der Waals surface area contributed by atoms with Crippen LogP contribution in [0.2, 0.25) is 0 Å². The number of hydrogen-bond donors (Lipinski definition) is 0. The minimum atomic E-state index is 0.901. The van der Waals surface area contributed by atoms with Gasteiger partial charge in [-0.1, -0.05) is 285 Å². The van der Waals surface area contributed by atoms with E-state index in [9.17, 15) is 0 Å². The van der Waals surface area contributed by atoms with Crippen molar-refractivity contribution in [2.24, 2.45) is 0 Å². The molecule has 0 saturated heterocycles.